The fraction of sp³-hybridized carbons (Fsp3) is 0.533. The second-order valence-corrected chi connectivity index (χ2v) is 5.20. The Morgan fingerprint density at radius 1 is 1.35 bits per heavy atom. The lowest BCUT2D eigenvalue weighted by atomic mass is 10.00. The molecule has 5 heteroatoms. The van der Waals surface area contributed by atoms with Crippen LogP contribution in [0, 0.1) is 11.7 Å². The van der Waals surface area contributed by atoms with Gasteiger partial charge in [-0.2, -0.15) is 0 Å². The van der Waals surface area contributed by atoms with Crippen LogP contribution in [0.25, 0.3) is 0 Å². The molecule has 1 heterocycles. The van der Waals surface area contributed by atoms with Gasteiger partial charge in [0, 0.05) is 13.1 Å². The third-order valence-corrected chi connectivity index (χ3v) is 3.53. The Bertz CT molecular complexity index is 428. The molecule has 1 aromatic carbocycles. The molecule has 4 nitrogen and oxygen atoms in total. The van der Waals surface area contributed by atoms with Crippen LogP contribution in [-0.4, -0.2) is 37.2 Å². The molecule has 0 spiro atoms. The number of likely N-dealkylation sites (tertiary alicyclic amines) is 1. The number of nitrogens with zero attached hydrogens (tertiary/aromatic N) is 1. The molecule has 1 saturated heterocycles. The first-order valence-electron chi connectivity index (χ1n) is 7.06. The lowest BCUT2D eigenvalue weighted by Crippen LogP contribution is -2.45. The highest BCUT2D eigenvalue weighted by atomic mass is 19.1. The van der Waals surface area contributed by atoms with Crippen molar-refractivity contribution in [2.45, 2.75) is 19.8 Å². The van der Waals surface area contributed by atoms with Gasteiger partial charge in [0.2, 0.25) is 0 Å². The minimum absolute atomic E-state index is 0.0281. The first kappa shape index (κ1) is 14.6. The highest BCUT2D eigenvalue weighted by Gasteiger charge is 2.19. The fourth-order valence-corrected chi connectivity index (χ4v) is 2.18. The molecule has 1 aromatic rings. The van der Waals surface area contributed by atoms with E-state index in [1.807, 2.05) is 4.90 Å². The van der Waals surface area contributed by atoms with Crippen LogP contribution >= 0.6 is 0 Å². The van der Waals surface area contributed by atoms with Gasteiger partial charge in [0.05, 0.1) is 6.54 Å². The van der Waals surface area contributed by atoms with Crippen LogP contribution in [-0.2, 0) is 0 Å². The number of hydrogen-bond donors (Lipinski definition) is 1. The number of piperidine rings is 1. The smallest absolute Gasteiger partial charge is 0.317 e. The molecule has 0 bridgehead atoms. The van der Waals surface area contributed by atoms with Crippen LogP contribution in [0.5, 0.6) is 5.75 Å². The van der Waals surface area contributed by atoms with E-state index in [0.717, 1.165) is 25.9 Å². The van der Waals surface area contributed by atoms with Gasteiger partial charge in [0.15, 0.2) is 0 Å². The van der Waals surface area contributed by atoms with Gasteiger partial charge in [0.1, 0.15) is 18.2 Å². The number of rotatable bonds is 4. The molecule has 0 aromatic heterocycles. The summed E-state index contributed by atoms with van der Waals surface area (Å²) >= 11 is 0. The van der Waals surface area contributed by atoms with Crippen LogP contribution in [0.4, 0.5) is 9.18 Å². The average Bonchev–Trinajstić information content (AvgIpc) is 2.46. The molecule has 20 heavy (non-hydrogen) atoms. The summed E-state index contributed by atoms with van der Waals surface area (Å²) in [6, 6.07) is 5.82. The highest BCUT2D eigenvalue weighted by Crippen LogP contribution is 2.15. The minimum atomic E-state index is -0.287. The Kier molecular flexibility index (Phi) is 5.21. The van der Waals surface area contributed by atoms with Crippen molar-refractivity contribution in [1.82, 2.24) is 10.2 Å². The number of hydrogen-bond acceptors (Lipinski definition) is 2. The third kappa shape index (κ3) is 4.40. The normalized spacial score (nSPS) is 16.0. The Labute approximate surface area is 118 Å². The van der Waals surface area contributed by atoms with Crippen molar-refractivity contribution in [2.75, 3.05) is 26.2 Å². The summed E-state index contributed by atoms with van der Waals surface area (Å²) in [4.78, 5) is 13.7. The van der Waals surface area contributed by atoms with Gasteiger partial charge in [-0.3, -0.25) is 0 Å². The van der Waals surface area contributed by atoms with E-state index in [9.17, 15) is 9.18 Å². The standard InChI is InChI=1S/C15H21FN2O2/c1-12-6-9-18(10-7-12)15(19)17-8-11-20-14-4-2-13(16)3-5-14/h2-5,12H,6-11H2,1H3,(H,17,19). The molecule has 1 aliphatic heterocycles. The lowest BCUT2D eigenvalue weighted by Gasteiger charge is -2.30. The van der Waals surface area contributed by atoms with Gasteiger partial charge in [0.25, 0.3) is 0 Å². The summed E-state index contributed by atoms with van der Waals surface area (Å²) in [5.41, 5.74) is 0. The first-order chi connectivity index (χ1) is 9.65. The Balaban J connectivity index is 1.63. The molecule has 0 atom stereocenters. The average molecular weight is 280 g/mol. The summed E-state index contributed by atoms with van der Waals surface area (Å²) in [7, 11) is 0. The molecule has 1 aliphatic rings. The zero-order valence-corrected chi connectivity index (χ0v) is 11.8. The second-order valence-electron chi connectivity index (χ2n) is 5.20. The van der Waals surface area contributed by atoms with Crippen molar-refractivity contribution in [3.63, 3.8) is 0 Å². The Morgan fingerprint density at radius 3 is 2.65 bits per heavy atom. The maximum Gasteiger partial charge on any atom is 0.317 e. The van der Waals surface area contributed by atoms with Gasteiger partial charge >= 0.3 is 6.03 Å². The quantitative estimate of drug-likeness (QED) is 0.861. The first-order valence-corrected chi connectivity index (χ1v) is 7.06. The van der Waals surface area contributed by atoms with E-state index in [0.29, 0.717) is 24.8 Å². The summed E-state index contributed by atoms with van der Waals surface area (Å²) in [5, 5.41) is 2.84. The van der Waals surface area contributed by atoms with Crippen LogP contribution in [0.1, 0.15) is 19.8 Å². The maximum atomic E-state index is 12.7. The van der Waals surface area contributed by atoms with E-state index in [1.54, 1.807) is 12.1 Å². The van der Waals surface area contributed by atoms with Crippen molar-refractivity contribution in [2.24, 2.45) is 5.92 Å². The number of carbonyl (C=O) groups is 1. The van der Waals surface area contributed by atoms with Crippen molar-refractivity contribution >= 4 is 6.03 Å². The zero-order chi connectivity index (χ0) is 14.4. The molecule has 2 amide bonds. The maximum absolute atomic E-state index is 12.7. The van der Waals surface area contributed by atoms with Gasteiger partial charge in [-0.15, -0.1) is 0 Å². The topological polar surface area (TPSA) is 41.6 Å². The number of ether oxygens (including phenoxy) is 1. The molecule has 0 saturated carbocycles. The molecule has 0 unspecified atom stereocenters. The predicted molar refractivity (Wildman–Crippen MR) is 75.3 cm³/mol. The summed E-state index contributed by atoms with van der Waals surface area (Å²) in [6.07, 6.45) is 2.14. The van der Waals surface area contributed by atoms with Crippen molar-refractivity contribution in [3.05, 3.63) is 30.1 Å². The predicted octanol–water partition coefficient (Wildman–Crippen LogP) is 2.65. The molecular weight excluding hydrogens is 259 g/mol. The van der Waals surface area contributed by atoms with Crippen molar-refractivity contribution in [3.8, 4) is 5.75 Å². The highest BCUT2D eigenvalue weighted by molar-refractivity contribution is 5.74. The van der Waals surface area contributed by atoms with Crippen LogP contribution in [0.15, 0.2) is 24.3 Å². The monoisotopic (exact) mass is 280 g/mol. The van der Waals surface area contributed by atoms with Crippen LogP contribution in [0.2, 0.25) is 0 Å². The fourth-order valence-electron chi connectivity index (χ4n) is 2.18. The number of benzene rings is 1. The van der Waals surface area contributed by atoms with E-state index >= 15 is 0 Å². The van der Waals surface area contributed by atoms with E-state index in [4.69, 9.17) is 4.74 Å². The number of nitrogens with one attached hydrogen (secondary N) is 1. The SMILES string of the molecule is CC1CCN(C(=O)NCCOc2ccc(F)cc2)CC1. The summed E-state index contributed by atoms with van der Waals surface area (Å²) in [5.74, 6) is 1.03. The number of urea groups is 1. The zero-order valence-electron chi connectivity index (χ0n) is 11.8. The minimum Gasteiger partial charge on any atom is -0.492 e. The molecule has 1 fully saturated rings. The van der Waals surface area contributed by atoms with Gasteiger partial charge in [-0.1, -0.05) is 6.92 Å². The number of halogens is 1. The van der Waals surface area contributed by atoms with E-state index < -0.39 is 0 Å². The van der Waals surface area contributed by atoms with Gasteiger partial charge in [-0.05, 0) is 43.0 Å². The van der Waals surface area contributed by atoms with Gasteiger partial charge < -0.3 is 15.0 Å². The molecule has 2 rings (SSSR count). The molecule has 0 aliphatic carbocycles. The summed E-state index contributed by atoms with van der Waals surface area (Å²) < 4.78 is 18.1. The van der Waals surface area contributed by atoms with Crippen molar-refractivity contribution in [1.29, 1.82) is 0 Å². The van der Waals surface area contributed by atoms with Crippen molar-refractivity contribution < 1.29 is 13.9 Å². The Hall–Kier alpha value is -1.78. The molecule has 1 N–H and O–H groups in total. The molecule has 0 radical (unpaired) electrons. The number of amides is 2. The second kappa shape index (κ2) is 7.12. The van der Waals surface area contributed by atoms with E-state index in [-0.39, 0.29) is 11.8 Å². The summed E-state index contributed by atoms with van der Waals surface area (Å²) in [6.45, 7) is 4.69. The third-order valence-electron chi connectivity index (χ3n) is 3.53. The van der Waals surface area contributed by atoms with E-state index in [2.05, 4.69) is 12.2 Å². The van der Waals surface area contributed by atoms with Crippen LogP contribution in [0.3, 0.4) is 0 Å². The Morgan fingerprint density at radius 2 is 2.00 bits per heavy atom. The van der Waals surface area contributed by atoms with Crippen LogP contribution < -0.4 is 10.1 Å². The molecule has 110 valence electrons. The number of carbonyl (C=O) groups excluding carboxylic acids is 1. The molecular formula is C15H21FN2O2. The largest absolute Gasteiger partial charge is 0.492 e. The van der Waals surface area contributed by atoms with E-state index in [1.165, 1.54) is 12.1 Å². The van der Waals surface area contributed by atoms with Gasteiger partial charge in [-0.25, -0.2) is 9.18 Å². The lowest BCUT2D eigenvalue weighted by molar-refractivity contribution is 0.172.